The summed E-state index contributed by atoms with van der Waals surface area (Å²) in [6, 6.07) is 7.66. The summed E-state index contributed by atoms with van der Waals surface area (Å²) in [5.74, 6) is 1.42. The predicted molar refractivity (Wildman–Crippen MR) is 88.5 cm³/mol. The molecule has 2 saturated heterocycles. The van der Waals surface area contributed by atoms with E-state index in [9.17, 15) is 4.79 Å². The van der Waals surface area contributed by atoms with Gasteiger partial charge in [-0.3, -0.25) is 9.69 Å². The molecule has 128 valence electrons. The number of aromatic nitrogens is 1. The quantitative estimate of drug-likeness (QED) is 0.903. The number of ether oxygens (including phenoxy) is 1. The molecule has 2 aromatic heterocycles. The largest absolute Gasteiger partial charge is 0.468 e. The van der Waals surface area contributed by atoms with E-state index >= 15 is 0 Å². The smallest absolute Gasteiger partial charge is 0.267 e. The zero-order chi connectivity index (χ0) is 16.6. The van der Waals surface area contributed by atoms with E-state index < -0.39 is 0 Å². The van der Waals surface area contributed by atoms with Gasteiger partial charge < -0.3 is 19.0 Å². The van der Waals surface area contributed by atoms with Crippen molar-refractivity contribution in [1.82, 2.24) is 14.8 Å². The highest BCUT2D eigenvalue weighted by molar-refractivity contribution is 5.92. The lowest BCUT2D eigenvalue weighted by Gasteiger charge is -2.27. The number of furan rings is 1. The molecule has 2 aliphatic rings. The van der Waals surface area contributed by atoms with Crippen molar-refractivity contribution in [2.45, 2.75) is 6.54 Å². The van der Waals surface area contributed by atoms with Crippen LogP contribution >= 0.6 is 0 Å². The molecule has 2 fully saturated rings. The van der Waals surface area contributed by atoms with Gasteiger partial charge in [-0.2, -0.15) is 0 Å². The van der Waals surface area contributed by atoms with Crippen LogP contribution in [0.4, 0.5) is 0 Å². The molecule has 0 aliphatic carbocycles. The Bertz CT molecular complexity index is 709. The third-order valence-electron chi connectivity index (χ3n) is 5.33. The van der Waals surface area contributed by atoms with Gasteiger partial charge in [-0.15, -0.1) is 0 Å². The highest BCUT2D eigenvalue weighted by atomic mass is 16.5. The predicted octanol–water partition coefficient (Wildman–Crippen LogP) is 1.50. The lowest BCUT2D eigenvalue weighted by Crippen LogP contribution is -2.43. The lowest BCUT2D eigenvalue weighted by molar-refractivity contribution is 0.0894. The molecule has 0 radical (unpaired) electrons. The van der Waals surface area contributed by atoms with E-state index in [-0.39, 0.29) is 11.3 Å². The molecule has 2 atom stereocenters. The first-order valence-corrected chi connectivity index (χ1v) is 8.38. The number of aryl methyl sites for hydroxylation is 1. The number of nitrogens with one attached hydrogen (secondary N) is 1. The monoisotopic (exact) mass is 329 g/mol. The standard InChI is InChI=1S/C18H23N3O3/c1-20-6-2-5-16(20)17(22)19-11-18-12-21(8-14(18)10-23-13-18)9-15-4-3-7-24-15/h2-7,14H,8-13H2,1H3,(H,19,22)/t14-,18+/m1/s1. The Kier molecular flexibility index (Phi) is 3.94. The van der Waals surface area contributed by atoms with E-state index in [1.807, 2.05) is 42.1 Å². The molecule has 24 heavy (non-hydrogen) atoms. The minimum absolute atomic E-state index is 0.00736. The zero-order valence-electron chi connectivity index (χ0n) is 13.9. The van der Waals surface area contributed by atoms with Crippen LogP contribution < -0.4 is 5.32 Å². The van der Waals surface area contributed by atoms with Crippen molar-refractivity contribution in [3.05, 3.63) is 48.2 Å². The Balaban J connectivity index is 1.41. The van der Waals surface area contributed by atoms with Crippen LogP contribution in [-0.4, -0.2) is 48.2 Å². The summed E-state index contributed by atoms with van der Waals surface area (Å²) >= 11 is 0. The van der Waals surface area contributed by atoms with Crippen molar-refractivity contribution in [3.63, 3.8) is 0 Å². The van der Waals surface area contributed by atoms with Gasteiger partial charge in [-0.1, -0.05) is 0 Å². The number of rotatable bonds is 5. The average Bonchev–Trinajstić information content (AvgIpc) is 3.30. The maximum absolute atomic E-state index is 12.4. The van der Waals surface area contributed by atoms with Crippen molar-refractivity contribution < 1.29 is 13.9 Å². The van der Waals surface area contributed by atoms with E-state index in [1.54, 1.807) is 6.26 Å². The van der Waals surface area contributed by atoms with Crippen LogP contribution in [0.2, 0.25) is 0 Å². The Hall–Kier alpha value is -2.05. The van der Waals surface area contributed by atoms with Gasteiger partial charge in [-0.05, 0) is 24.3 Å². The Labute approximate surface area is 141 Å². The lowest BCUT2D eigenvalue weighted by atomic mass is 9.81. The second kappa shape index (κ2) is 6.11. The molecule has 4 rings (SSSR count). The van der Waals surface area contributed by atoms with Crippen LogP contribution in [0.15, 0.2) is 41.1 Å². The van der Waals surface area contributed by atoms with Crippen LogP contribution in [0.5, 0.6) is 0 Å². The number of likely N-dealkylation sites (tertiary alicyclic amines) is 1. The van der Waals surface area contributed by atoms with E-state index in [1.165, 1.54) is 0 Å². The number of fused-ring (bicyclic) bond motifs is 1. The zero-order valence-corrected chi connectivity index (χ0v) is 13.9. The summed E-state index contributed by atoms with van der Waals surface area (Å²) in [6.07, 6.45) is 3.60. The van der Waals surface area contributed by atoms with Gasteiger partial charge in [0.25, 0.3) is 5.91 Å². The first-order valence-electron chi connectivity index (χ1n) is 8.38. The van der Waals surface area contributed by atoms with E-state index in [4.69, 9.17) is 9.15 Å². The van der Waals surface area contributed by atoms with E-state index in [0.29, 0.717) is 24.8 Å². The van der Waals surface area contributed by atoms with Gasteiger partial charge in [0.1, 0.15) is 11.5 Å². The number of hydrogen-bond acceptors (Lipinski definition) is 4. The first kappa shape index (κ1) is 15.5. The van der Waals surface area contributed by atoms with Gasteiger partial charge >= 0.3 is 0 Å². The Morgan fingerprint density at radius 3 is 3.08 bits per heavy atom. The molecule has 6 heteroatoms. The molecule has 0 aromatic carbocycles. The molecule has 0 spiro atoms. The third-order valence-corrected chi connectivity index (χ3v) is 5.33. The van der Waals surface area contributed by atoms with Crippen LogP contribution in [0.25, 0.3) is 0 Å². The summed E-state index contributed by atoms with van der Waals surface area (Å²) in [5.41, 5.74) is 0.695. The summed E-state index contributed by atoms with van der Waals surface area (Å²) < 4.78 is 13.0. The Morgan fingerprint density at radius 1 is 1.42 bits per heavy atom. The molecule has 2 aromatic rings. The molecule has 4 heterocycles. The molecule has 2 aliphatic heterocycles. The normalized spacial score (nSPS) is 26.6. The maximum Gasteiger partial charge on any atom is 0.267 e. The molecule has 0 bridgehead atoms. The number of hydrogen-bond donors (Lipinski definition) is 1. The number of carbonyl (C=O) groups excluding carboxylic acids is 1. The Morgan fingerprint density at radius 2 is 2.33 bits per heavy atom. The minimum Gasteiger partial charge on any atom is -0.468 e. The van der Waals surface area contributed by atoms with Gasteiger partial charge in [0.15, 0.2) is 0 Å². The maximum atomic E-state index is 12.4. The number of nitrogens with zero attached hydrogens (tertiary/aromatic N) is 2. The summed E-state index contributed by atoms with van der Waals surface area (Å²) in [5, 5.41) is 3.12. The van der Waals surface area contributed by atoms with Gasteiger partial charge in [-0.25, -0.2) is 0 Å². The van der Waals surface area contributed by atoms with Gasteiger partial charge in [0.05, 0.1) is 26.0 Å². The highest BCUT2D eigenvalue weighted by Crippen LogP contribution is 2.41. The minimum atomic E-state index is -0.0213. The molecule has 6 nitrogen and oxygen atoms in total. The molecule has 0 saturated carbocycles. The summed E-state index contributed by atoms with van der Waals surface area (Å²) in [7, 11) is 1.88. The van der Waals surface area contributed by atoms with Crippen LogP contribution in [0.1, 0.15) is 16.2 Å². The SMILES string of the molecule is Cn1cccc1C(=O)NC[C@]12COC[C@H]1CN(Cc1ccco1)C2. The number of amides is 1. The average molecular weight is 329 g/mol. The third kappa shape index (κ3) is 2.76. The van der Waals surface area contributed by atoms with Crippen molar-refractivity contribution in [2.75, 3.05) is 32.8 Å². The van der Waals surface area contributed by atoms with E-state index in [2.05, 4.69) is 10.2 Å². The molecular weight excluding hydrogens is 306 g/mol. The van der Waals surface area contributed by atoms with Crippen molar-refractivity contribution in [2.24, 2.45) is 18.4 Å². The van der Waals surface area contributed by atoms with Crippen molar-refractivity contribution in [1.29, 1.82) is 0 Å². The summed E-state index contributed by atoms with van der Waals surface area (Å²) in [4.78, 5) is 14.8. The molecular formula is C18H23N3O3. The van der Waals surface area contributed by atoms with Crippen LogP contribution in [0, 0.1) is 11.3 Å². The molecule has 1 N–H and O–H groups in total. The second-order valence-corrected chi connectivity index (χ2v) is 7.01. The van der Waals surface area contributed by atoms with Gasteiger partial charge in [0, 0.05) is 44.2 Å². The molecule has 1 amide bonds. The van der Waals surface area contributed by atoms with Crippen molar-refractivity contribution in [3.8, 4) is 0 Å². The highest BCUT2D eigenvalue weighted by Gasteiger charge is 2.50. The molecule has 0 unspecified atom stereocenters. The fraction of sp³-hybridized carbons (Fsp3) is 0.500. The van der Waals surface area contributed by atoms with E-state index in [0.717, 1.165) is 32.0 Å². The van der Waals surface area contributed by atoms with Crippen molar-refractivity contribution >= 4 is 5.91 Å². The first-order chi connectivity index (χ1) is 11.7. The van der Waals surface area contributed by atoms with Crippen LogP contribution in [-0.2, 0) is 18.3 Å². The summed E-state index contributed by atoms with van der Waals surface area (Å²) in [6.45, 7) is 4.86. The fourth-order valence-corrected chi connectivity index (χ4v) is 3.98. The van der Waals surface area contributed by atoms with Gasteiger partial charge in [0.2, 0.25) is 0 Å². The fourth-order valence-electron chi connectivity index (χ4n) is 3.98. The van der Waals surface area contributed by atoms with Crippen LogP contribution in [0.3, 0.4) is 0 Å². The topological polar surface area (TPSA) is 59.6 Å². The number of carbonyl (C=O) groups is 1. The second-order valence-electron chi connectivity index (χ2n) is 7.01.